The van der Waals surface area contributed by atoms with Crippen molar-refractivity contribution in [2.24, 2.45) is 0 Å². The van der Waals surface area contributed by atoms with E-state index in [0.29, 0.717) is 35.1 Å². The molecule has 0 unspecified atom stereocenters. The summed E-state index contributed by atoms with van der Waals surface area (Å²) >= 11 is 0. The fraction of sp³-hybridized carbons (Fsp3) is 0.444. The zero-order valence-electron chi connectivity index (χ0n) is 27.4. The van der Waals surface area contributed by atoms with Crippen molar-refractivity contribution in [1.82, 2.24) is 25.3 Å². The normalized spacial score (nSPS) is 16.4. The molecule has 0 amide bonds. The van der Waals surface area contributed by atoms with E-state index in [9.17, 15) is 19.8 Å². The lowest BCUT2D eigenvalue weighted by molar-refractivity contribution is -0.137. The van der Waals surface area contributed by atoms with Crippen LogP contribution in [0.1, 0.15) is 121 Å². The first-order chi connectivity index (χ1) is 21.5. The van der Waals surface area contributed by atoms with Crippen LogP contribution in [-0.2, 0) is 11.2 Å². The Balaban J connectivity index is 1.90. The van der Waals surface area contributed by atoms with Gasteiger partial charge in [0.15, 0.2) is 0 Å². The molecule has 5 rings (SSSR count). The number of rotatable bonds is 10. The average molecular weight is 612 g/mol. The van der Waals surface area contributed by atoms with Crippen LogP contribution in [0.3, 0.4) is 0 Å². The number of nitrogens with zero attached hydrogens (tertiary/aromatic N) is 2. The van der Waals surface area contributed by atoms with Crippen LogP contribution in [0, 0.1) is 20.8 Å². The second-order valence-corrected chi connectivity index (χ2v) is 12.5. The molecule has 0 aliphatic carbocycles. The van der Waals surface area contributed by atoms with Gasteiger partial charge in [0.1, 0.15) is 0 Å². The second kappa shape index (κ2) is 13.0. The third kappa shape index (κ3) is 6.06. The van der Waals surface area contributed by atoms with E-state index in [0.717, 1.165) is 81.9 Å². The number of aliphatic carboxylic acids is 1. The van der Waals surface area contributed by atoms with Crippen LogP contribution in [0.2, 0.25) is 0 Å². The maximum atomic E-state index is 12.6. The minimum atomic E-state index is -1.02. The summed E-state index contributed by atoms with van der Waals surface area (Å²) in [6, 6.07) is 6.16. The summed E-state index contributed by atoms with van der Waals surface area (Å²) < 4.78 is 0. The number of aromatic nitrogens is 4. The Labute approximate surface area is 264 Å². The van der Waals surface area contributed by atoms with Crippen LogP contribution in [0.15, 0.2) is 18.2 Å². The highest BCUT2D eigenvalue weighted by atomic mass is 16.4. The number of unbranched alkanes of at least 4 members (excludes halogenated alkanes) is 1. The SMILES string of the molecule is CCCCNCC1=C(C)c2cc3nc(c(C)c4[nH]c(cc5[nH]c(cc1n2)c(C)c5CC)c(C)c4C(=O)O)[C@@H](CCC(=O)O)[C@@H]3C. The molecule has 0 fully saturated rings. The van der Waals surface area contributed by atoms with Crippen molar-refractivity contribution >= 4 is 45.2 Å². The molecule has 2 aliphatic rings. The van der Waals surface area contributed by atoms with Gasteiger partial charge in [-0.1, -0.05) is 27.2 Å². The van der Waals surface area contributed by atoms with Crippen LogP contribution in [0.4, 0.5) is 0 Å². The van der Waals surface area contributed by atoms with Crippen molar-refractivity contribution in [3.63, 3.8) is 0 Å². The number of H-pyrrole nitrogens is 2. The van der Waals surface area contributed by atoms with Crippen molar-refractivity contribution in [3.05, 3.63) is 68.8 Å². The van der Waals surface area contributed by atoms with Gasteiger partial charge in [-0.3, -0.25) is 9.78 Å². The Bertz CT molecular complexity index is 1860. The van der Waals surface area contributed by atoms with E-state index in [1.807, 2.05) is 26.0 Å². The van der Waals surface area contributed by atoms with E-state index in [2.05, 4.69) is 56.0 Å². The molecule has 9 nitrogen and oxygen atoms in total. The van der Waals surface area contributed by atoms with Gasteiger partial charge in [0.05, 0.1) is 22.5 Å². The molecule has 3 aromatic heterocycles. The number of allylic oxidation sites excluding steroid dienone is 1. The molecular weight excluding hydrogens is 566 g/mol. The van der Waals surface area contributed by atoms with Crippen LogP contribution in [-0.4, -0.2) is 55.2 Å². The quantitative estimate of drug-likeness (QED) is 0.149. The standard InChI is InChI=1S/C36H45N5O4/c1-8-10-13-37-17-25-20(5)26-14-28-19(4)24(11-12-32(42)43)34(40-28)22(7)35-33(36(44)45)21(6)29(41-35)16-30-23(9-2)18(3)27(38-30)15-31(25)39-26/h14-16,19,24,37-38,41H,8-13,17H2,1-7H3,(H,42,43)(H,44,45)/t19-,24-/m0/s1. The molecular formula is C36H45N5O4. The number of hydrogen-bond acceptors (Lipinski definition) is 5. The molecule has 45 heavy (non-hydrogen) atoms. The summed E-state index contributed by atoms with van der Waals surface area (Å²) in [5.41, 5.74) is 12.5. The number of hydrogen-bond donors (Lipinski definition) is 5. The van der Waals surface area contributed by atoms with Crippen molar-refractivity contribution in [1.29, 1.82) is 0 Å². The van der Waals surface area contributed by atoms with Crippen molar-refractivity contribution in [2.75, 3.05) is 13.1 Å². The van der Waals surface area contributed by atoms with Crippen LogP contribution < -0.4 is 5.32 Å². The molecule has 0 aromatic carbocycles. The van der Waals surface area contributed by atoms with Gasteiger partial charge in [-0.05, 0) is 105 Å². The zero-order chi connectivity index (χ0) is 32.6. The minimum absolute atomic E-state index is 0.00240. The van der Waals surface area contributed by atoms with Crippen molar-refractivity contribution in [3.8, 4) is 0 Å². The summed E-state index contributed by atoms with van der Waals surface area (Å²) in [5, 5.41) is 23.5. The number of aromatic carboxylic acids is 1. The van der Waals surface area contributed by atoms with E-state index in [1.54, 1.807) is 0 Å². The first-order valence-electron chi connectivity index (χ1n) is 16.1. The smallest absolute Gasteiger partial charge is 0.338 e. The molecule has 9 heteroatoms. The lowest BCUT2D eigenvalue weighted by atomic mass is 9.85. The fourth-order valence-corrected chi connectivity index (χ4v) is 6.84. The predicted molar refractivity (Wildman–Crippen MR) is 180 cm³/mol. The molecule has 8 bridgehead atoms. The van der Waals surface area contributed by atoms with Crippen LogP contribution in [0.5, 0.6) is 0 Å². The van der Waals surface area contributed by atoms with E-state index in [1.165, 1.54) is 0 Å². The lowest BCUT2D eigenvalue weighted by Gasteiger charge is -2.16. The third-order valence-corrected chi connectivity index (χ3v) is 9.66. The largest absolute Gasteiger partial charge is 0.481 e. The minimum Gasteiger partial charge on any atom is -0.481 e. The van der Waals surface area contributed by atoms with E-state index in [-0.39, 0.29) is 23.8 Å². The summed E-state index contributed by atoms with van der Waals surface area (Å²) in [4.78, 5) is 41.6. The number of fused-ring (bicyclic) bond motifs is 8. The highest BCUT2D eigenvalue weighted by Crippen LogP contribution is 2.42. The first-order valence-corrected chi connectivity index (χ1v) is 16.1. The average Bonchev–Trinajstić information content (AvgIpc) is 3.67. The van der Waals surface area contributed by atoms with Crippen molar-refractivity contribution < 1.29 is 19.8 Å². The van der Waals surface area contributed by atoms with Gasteiger partial charge in [0.2, 0.25) is 0 Å². The monoisotopic (exact) mass is 611 g/mol. The molecule has 5 N–H and O–H groups in total. The number of nitrogens with one attached hydrogen (secondary N) is 3. The summed E-state index contributed by atoms with van der Waals surface area (Å²) in [5.74, 6) is -2.14. The molecule has 0 saturated carbocycles. The van der Waals surface area contributed by atoms with Gasteiger partial charge >= 0.3 is 11.9 Å². The highest BCUT2D eigenvalue weighted by molar-refractivity contribution is 6.02. The van der Waals surface area contributed by atoms with E-state index in [4.69, 9.17) is 9.97 Å². The van der Waals surface area contributed by atoms with Gasteiger partial charge in [-0.25, -0.2) is 9.78 Å². The number of aryl methyl sites for hydroxylation is 4. The topological polar surface area (TPSA) is 144 Å². The summed E-state index contributed by atoms with van der Waals surface area (Å²) in [6.07, 6.45) is 3.42. The van der Waals surface area contributed by atoms with Gasteiger partial charge in [-0.2, -0.15) is 0 Å². The van der Waals surface area contributed by atoms with Gasteiger partial charge < -0.3 is 25.5 Å². The van der Waals surface area contributed by atoms with E-state index < -0.39 is 11.9 Å². The Morgan fingerprint density at radius 2 is 1.64 bits per heavy atom. The van der Waals surface area contributed by atoms with Gasteiger partial charge in [0, 0.05) is 52.7 Å². The Hall–Kier alpha value is -4.24. The highest BCUT2D eigenvalue weighted by Gasteiger charge is 2.32. The van der Waals surface area contributed by atoms with Crippen LogP contribution in [0.25, 0.3) is 33.2 Å². The maximum Gasteiger partial charge on any atom is 0.338 e. The van der Waals surface area contributed by atoms with Crippen LogP contribution >= 0.6 is 0 Å². The molecule has 3 aromatic rings. The second-order valence-electron chi connectivity index (χ2n) is 12.5. The molecule has 0 spiro atoms. The number of carbonyl (C=O) groups is 2. The fourth-order valence-electron chi connectivity index (χ4n) is 6.84. The molecule has 0 radical (unpaired) electrons. The predicted octanol–water partition coefficient (Wildman–Crippen LogP) is 7.57. The molecule has 0 saturated heterocycles. The first kappa shape index (κ1) is 32.2. The molecule has 2 atom stereocenters. The summed E-state index contributed by atoms with van der Waals surface area (Å²) in [7, 11) is 0. The van der Waals surface area contributed by atoms with Crippen molar-refractivity contribution in [2.45, 2.75) is 92.4 Å². The summed E-state index contributed by atoms with van der Waals surface area (Å²) in [6.45, 7) is 15.9. The number of aromatic amines is 2. The number of carboxylic acid groups (broad SMARTS) is 2. The number of carboxylic acids is 2. The Morgan fingerprint density at radius 1 is 0.911 bits per heavy atom. The zero-order valence-corrected chi connectivity index (χ0v) is 27.4. The Kier molecular flexibility index (Phi) is 9.30. The molecule has 2 aliphatic heterocycles. The lowest BCUT2D eigenvalue weighted by Crippen LogP contribution is -2.17. The molecule has 238 valence electrons. The molecule has 5 heterocycles. The van der Waals surface area contributed by atoms with Gasteiger partial charge in [0.25, 0.3) is 0 Å². The van der Waals surface area contributed by atoms with E-state index >= 15 is 0 Å². The van der Waals surface area contributed by atoms with Gasteiger partial charge in [-0.15, -0.1) is 0 Å². The Morgan fingerprint density at radius 3 is 2.31 bits per heavy atom. The third-order valence-electron chi connectivity index (χ3n) is 9.66. The maximum absolute atomic E-state index is 12.6.